The molecule has 2 unspecified atom stereocenters. The zero-order valence-corrected chi connectivity index (χ0v) is 12.5. The molecule has 108 valence electrons. The number of benzene rings is 1. The first kappa shape index (κ1) is 14.7. The minimum absolute atomic E-state index is 0.0666. The second-order valence-corrected chi connectivity index (χ2v) is 5.15. The van der Waals surface area contributed by atoms with Gasteiger partial charge in [0.05, 0.1) is 0 Å². The van der Waals surface area contributed by atoms with Gasteiger partial charge in [-0.05, 0) is 18.4 Å². The van der Waals surface area contributed by atoms with Crippen molar-refractivity contribution < 1.29 is 5.11 Å². The Bertz CT molecular complexity index is 536. The van der Waals surface area contributed by atoms with Gasteiger partial charge in [0.15, 0.2) is 5.82 Å². The molecule has 0 spiro atoms. The van der Waals surface area contributed by atoms with E-state index >= 15 is 0 Å². The maximum absolute atomic E-state index is 9.39. The van der Waals surface area contributed by atoms with E-state index in [4.69, 9.17) is 0 Å². The van der Waals surface area contributed by atoms with E-state index in [2.05, 4.69) is 55.2 Å². The van der Waals surface area contributed by atoms with Crippen LogP contribution in [0.15, 0.2) is 30.3 Å². The minimum atomic E-state index is -0.0666. The molecule has 1 heterocycles. The Morgan fingerprint density at radius 2 is 1.85 bits per heavy atom. The lowest BCUT2D eigenvalue weighted by atomic mass is 9.85. The normalized spacial score (nSPS) is 14.2. The molecular weight excluding hydrogens is 250 g/mol. The van der Waals surface area contributed by atoms with Crippen LogP contribution < -0.4 is 0 Å². The molecule has 20 heavy (non-hydrogen) atoms. The van der Waals surface area contributed by atoms with Crippen LogP contribution in [-0.2, 0) is 13.2 Å². The van der Waals surface area contributed by atoms with Gasteiger partial charge in [-0.1, -0.05) is 50.6 Å². The Morgan fingerprint density at radius 3 is 2.40 bits per heavy atom. The molecule has 1 aromatic heterocycles. The molecule has 0 aliphatic carbocycles. The lowest BCUT2D eigenvalue weighted by molar-refractivity contribution is 0.264. The van der Waals surface area contributed by atoms with Crippen LogP contribution in [-0.4, -0.2) is 19.9 Å². The number of rotatable bonds is 6. The molecule has 0 saturated heterocycles. The fourth-order valence-electron chi connectivity index (χ4n) is 2.67. The molecule has 1 aromatic carbocycles. The van der Waals surface area contributed by atoms with Crippen LogP contribution in [0.2, 0.25) is 0 Å². The van der Waals surface area contributed by atoms with Crippen LogP contribution >= 0.6 is 0 Å². The van der Waals surface area contributed by atoms with E-state index in [1.807, 2.05) is 10.6 Å². The molecule has 0 fully saturated rings. The Kier molecular flexibility index (Phi) is 4.90. The van der Waals surface area contributed by atoms with Gasteiger partial charge in [-0.25, -0.2) is 0 Å². The minimum Gasteiger partial charge on any atom is -0.388 e. The Balaban J connectivity index is 2.50. The lowest BCUT2D eigenvalue weighted by Gasteiger charge is -2.23. The highest BCUT2D eigenvalue weighted by Gasteiger charge is 2.26. The first-order chi connectivity index (χ1) is 9.72. The van der Waals surface area contributed by atoms with Crippen molar-refractivity contribution >= 4 is 0 Å². The van der Waals surface area contributed by atoms with Gasteiger partial charge in [-0.15, -0.1) is 10.2 Å². The maximum atomic E-state index is 9.39. The standard InChI is InChI=1S/C16H23N3O/c1-4-12(3)15(13-9-7-6-8-10-13)16-18-17-14(11-20)19(16)5-2/h6-10,12,15,20H,4-5,11H2,1-3H3. The van der Waals surface area contributed by atoms with E-state index in [0.29, 0.717) is 11.7 Å². The third-order valence-electron chi connectivity index (χ3n) is 3.96. The monoisotopic (exact) mass is 273 g/mol. The summed E-state index contributed by atoms with van der Waals surface area (Å²) in [6.07, 6.45) is 1.07. The number of aromatic nitrogens is 3. The van der Waals surface area contributed by atoms with E-state index in [1.54, 1.807) is 0 Å². The fraction of sp³-hybridized carbons (Fsp3) is 0.500. The Labute approximate surface area is 120 Å². The summed E-state index contributed by atoms with van der Waals surface area (Å²) < 4.78 is 2.03. The summed E-state index contributed by atoms with van der Waals surface area (Å²) in [7, 11) is 0. The summed E-state index contributed by atoms with van der Waals surface area (Å²) in [5.41, 5.74) is 1.26. The maximum Gasteiger partial charge on any atom is 0.158 e. The van der Waals surface area contributed by atoms with Crippen LogP contribution in [0, 0.1) is 5.92 Å². The molecule has 2 atom stereocenters. The summed E-state index contributed by atoms with van der Waals surface area (Å²) >= 11 is 0. The number of hydrogen-bond donors (Lipinski definition) is 1. The zero-order chi connectivity index (χ0) is 14.5. The van der Waals surface area contributed by atoms with Crippen molar-refractivity contribution in [2.45, 2.75) is 46.3 Å². The summed E-state index contributed by atoms with van der Waals surface area (Å²) in [5.74, 6) is 2.29. The van der Waals surface area contributed by atoms with Crippen molar-refractivity contribution in [1.29, 1.82) is 0 Å². The van der Waals surface area contributed by atoms with E-state index < -0.39 is 0 Å². The number of hydrogen-bond acceptors (Lipinski definition) is 3. The van der Waals surface area contributed by atoms with Crippen LogP contribution in [0.3, 0.4) is 0 Å². The third kappa shape index (κ3) is 2.75. The van der Waals surface area contributed by atoms with Crippen molar-refractivity contribution in [2.75, 3.05) is 0 Å². The van der Waals surface area contributed by atoms with E-state index in [1.165, 1.54) is 5.56 Å². The van der Waals surface area contributed by atoms with Crippen molar-refractivity contribution in [3.05, 3.63) is 47.5 Å². The second-order valence-electron chi connectivity index (χ2n) is 5.15. The summed E-state index contributed by atoms with van der Waals surface area (Å²) in [6, 6.07) is 10.4. The quantitative estimate of drug-likeness (QED) is 0.880. The van der Waals surface area contributed by atoms with Gasteiger partial charge < -0.3 is 9.67 Å². The highest BCUT2D eigenvalue weighted by atomic mass is 16.3. The average molecular weight is 273 g/mol. The summed E-state index contributed by atoms with van der Waals surface area (Å²) in [5, 5.41) is 17.9. The van der Waals surface area contributed by atoms with Gasteiger partial charge in [0.25, 0.3) is 0 Å². The molecule has 0 amide bonds. The molecule has 0 aliphatic rings. The van der Waals surface area contributed by atoms with Crippen molar-refractivity contribution in [3.63, 3.8) is 0 Å². The Hall–Kier alpha value is -1.68. The number of aliphatic hydroxyl groups excluding tert-OH is 1. The van der Waals surface area contributed by atoms with Crippen LogP contribution in [0.25, 0.3) is 0 Å². The van der Waals surface area contributed by atoms with Gasteiger partial charge in [-0.2, -0.15) is 0 Å². The van der Waals surface area contributed by atoms with Gasteiger partial charge in [0, 0.05) is 12.5 Å². The molecular formula is C16H23N3O. The van der Waals surface area contributed by atoms with E-state index in [0.717, 1.165) is 18.8 Å². The van der Waals surface area contributed by atoms with Gasteiger partial charge >= 0.3 is 0 Å². The SMILES string of the molecule is CCC(C)C(c1ccccc1)c1nnc(CO)n1CC. The topological polar surface area (TPSA) is 50.9 Å². The molecule has 1 N–H and O–H groups in total. The fourth-order valence-corrected chi connectivity index (χ4v) is 2.67. The van der Waals surface area contributed by atoms with Gasteiger partial charge in [0.1, 0.15) is 12.4 Å². The third-order valence-corrected chi connectivity index (χ3v) is 3.96. The van der Waals surface area contributed by atoms with Crippen LogP contribution in [0.1, 0.15) is 50.3 Å². The first-order valence-electron chi connectivity index (χ1n) is 7.30. The average Bonchev–Trinajstić information content (AvgIpc) is 2.91. The molecule has 2 aromatic rings. The largest absolute Gasteiger partial charge is 0.388 e. The van der Waals surface area contributed by atoms with Crippen molar-refractivity contribution in [1.82, 2.24) is 14.8 Å². The number of nitrogens with zero attached hydrogens (tertiary/aromatic N) is 3. The smallest absolute Gasteiger partial charge is 0.158 e. The summed E-state index contributed by atoms with van der Waals surface area (Å²) in [4.78, 5) is 0. The molecule has 4 nitrogen and oxygen atoms in total. The van der Waals surface area contributed by atoms with Gasteiger partial charge in [0.2, 0.25) is 0 Å². The van der Waals surface area contributed by atoms with Crippen molar-refractivity contribution in [2.24, 2.45) is 5.92 Å². The summed E-state index contributed by atoms with van der Waals surface area (Å²) in [6.45, 7) is 7.21. The molecule has 2 rings (SSSR count). The Morgan fingerprint density at radius 1 is 1.15 bits per heavy atom. The first-order valence-corrected chi connectivity index (χ1v) is 7.30. The second kappa shape index (κ2) is 6.66. The molecule has 0 saturated carbocycles. The molecule has 0 bridgehead atoms. The lowest BCUT2D eigenvalue weighted by Crippen LogP contribution is -2.17. The molecule has 0 aliphatic heterocycles. The van der Waals surface area contributed by atoms with E-state index in [-0.39, 0.29) is 12.5 Å². The van der Waals surface area contributed by atoms with E-state index in [9.17, 15) is 5.11 Å². The highest BCUT2D eigenvalue weighted by molar-refractivity contribution is 5.27. The van der Waals surface area contributed by atoms with Crippen LogP contribution in [0.5, 0.6) is 0 Å². The predicted octanol–water partition coefficient (Wildman–Crippen LogP) is 2.97. The molecule has 0 radical (unpaired) electrons. The predicted molar refractivity (Wildman–Crippen MR) is 79.4 cm³/mol. The van der Waals surface area contributed by atoms with Crippen LogP contribution in [0.4, 0.5) is 0 Å². The highest BCUT2D eigenvalue weighted by Crippen LogP contribution is 2.32. The van der Waals surface area contributed by atoms with Gasteiger partial charge in [-0.3, -0.25) is 0 Å². The van der Waals surface area contributed by atoms with Crippen molar-refractivity contribution in [3.8, 4) is 0 Å². The molecule has 4 heteroatoms. The number of aliphatic hydroxyl groups is 1. The zero-order valence-electron chi connectivity index (χ0n) is 12.5.